The number of hydrogen-bond acceptors (Lipinski definition) is 5. The second kappa shape index (κ2) is 6.44. The molecular weight excluding hydrogens is 330 g/mol. The van der Waals surface area contributed by atoms with Gasteiger partial charge < -0.3 is 10.1 Å². The van der Waals surface area contributed by atoms with Crippen molar-refractivity contribution in [2.24, 2.45) is 0 Å². The number of amides is 1. The molecule has 26 heavy (non-hydrogen) atoms. The third-order valence-corrected chi connectivity index (χ3v) is 4.22. The lowest BCUT2D eigenvalue weighted by Crippen LogP contribution is -2.23. The van der Waals surface area contributed by atoms with Gasteiger partial charge >= 0.3 is 0 Å². The van der Waals surface area contributed by atoms with Gasteiger partial charge in [-0.05, 0) is 24.6 Å². The zero-order valence-electron chi connectivity index (χ0n) is 14.4. The van der Waals surface area contributed by atoms with E-state index in [1.54, 1.807) is 37.0 Å². The maximum absolute atomic E-state index is 12.8. The van der Waals surface area contributed by atoms with E-state index >= 15 is 0 Å². The van der Waals surface area contributed by atoms with Gasteiger partial charge in [0.1, 0.15) is 5.56 Å². The van der Waals surface area contributed by atoms with Gasteiger partial charge in [-0.15, -0.1) is 0 Å². The SMILES string of the molecule is COc1cc(CNC(=O)c2c(C)nn3cccnc23)c2ccccc2n1. The highest BCUT2D eigenvalue weighted by molar-refractivity contribution is 6.01. The molecule has 1 aromatic carbocycles. The molecule has 7 nitrogen and oxygen atoms in total. The fraction of sp³-hybridized carbons (Fsp3) is 0.158. The number of nitrogens with zero attached hydrogens (tertiary/aromatic N) is 4. The second-order valence-electron chi connectivity index (χ2n) is 5.87. The Hall–Kier alpha value is -3.48. The Morgan fingerprint density at radius 1 is 1.27 bits per heavy atom. The van der Waals surface area contributed by atoms with Crippen LogP contribution in [-0.2, 0) is 6.54 Å². The number of aryl methyl sites for hydroxylation is 1. The van der Waals surface area contributed by atoms with E-state index in [0.717, 1.165) is 16.5 Å². The summed E-state index contributed by atoms with van der Waals surface area (Å²) in [5, 5.41) is 8.27. The molecule has 0 aliphatic heterocycles. The molecule has 3 aromatic heterocycles. The van der Waals surface area contributed by atoms with Gasteiger partial charge in [-0.3, -0.25) is 4.79 Å². The standard InChI is InChI=1S/C19H17N5O2/c1-12-17(18-20-8-5-9-24(18)23-12)19(25)21-11-13-10-16(26-2)22-15-7-4-3-6-14(13)15/h3-10H,11H2,1-2H3,(H,21,25). The number of para-hydroxylation sites is 1. The van der Waals surface area contributed by atoms with Gasteiger partial charge in [-0.1, -0.05) is 18.2 Å². The van der Waals surface area contributed by atoms with Crippen LogP contribution in [-0.4, -0.2) is 32.6 Å². The van der Waals surface area contributed by atoms with Crippen LogP contribution in [0.25, 0.3) is 16.6 Å². The summed E-state index contributed by atoms with van der Waals surface area (Å²) in [7, 11) is 1.58. The van der Waals surface area contributed by atoms with Gasteiger partial charge in [0.2, 0.25) is 5.88 Å². The summed E-state index contributed by atoms with van der Waals surface area (Å²) in [4.78, 5) is 21.4. The number of methoxy groups -OCH3 is 1. The molecule has 0 saturated heterocycles. The summed E-state index contributed by atoms with van der Waals surface area (Å²) in [5.41, 5.74) is 3.42. The third kappa shape index (κ3) is 2.73. The highest BCUT2D eigenvalue weighted by Gasteiger charge is 2.18. The van der Waals surface area contributed by atoms with Crippen molar-refractivity contribution in [3.8, 4) is 5.88 Å². The molecule has 3 heterocycles. The molecule has 0 spiro atoms. The minimum absolute atomic E-state index is 0.212. The number of ether oxygens (including phenoxy) is 1. The van der Waals surface area contributed by atoms with E-state index < -0.39 is 0 Å². The quantitative estimate of drug-likeness (QED) is 0.613. The first-order chi connectivity index (χ1) is 12.7. The smallest absolute Gasteiger partial charge is 0.257 e. The Labute approximate surface area is 149 Å². The fourth-order valence-electron chi connectivity index (χ4n) is 3.00. The zero-order valence-corrected chi connectivity index (χ0v) is 14.4. The van der Waals surface area contributed by atoms with Gasteiger partial charge in [0.15, 0.2) is 5.65 Å². The van der Waals surface area contributed by atoms with Crippen LogP contribution in [0, 0.1) is 6.92 Å². The van der Waals surface area contributed by atoms with E-state index in [1.165, 1.54) is 0 Å². The van der Waals surface area contributed by atoms with Crippen molar-refractivity contribution in [3.05, 3.63) is 65.6 Å². The number of rotatable bonds is 4. The Kier molecular flexibility index (Phi) is 3.96. The molecular formula is C19H17N5O2. The molecule has 130 valence electrons. The first-order valence-electron chi connectivity index (χ1n) is 8.18. The molecule has 1 N–H and O–H groups in total. The van der Waals surface area contributed by atoms with Crippen molar-refractivity contribution in [2.45, 2.75) is 13.5 Å². The first-order valence-corrected chi connectivity index (χ1v) is 8.18. The molecule has 0 radical (unpaired) electrons. The van der Waals surface area contributed by atoms with Crippen LogP contribution in [0.2, 0.25) is 0 Å². The predicted octanol–water partition coefficient (Wildman–Crippen LogP) is 2.52. The lowest BCUT2D eigenvalue weighted by molar-refractivity contribution is 0.0952. The van der Waals surface area contributed by atoms with Crippen molar-refractivity contribution in [1.29, 1.82) is 0 Å². The van der Waals surface area contributed by atoms with Gasteiger partial charge in [0.25, 0.3) is 5.91 Å². The Bertz CT molecular complexity index is 1120. The summed E-state index contributed by atoms with van der Waals surface area (Å²) < 4.78 is 6.88. The molecule has 0 unspecified atom stereocenters. The van der Waals surface area contributed by atoms with Crippen molar-refractivity contribution < 1.29 is 9.53 Å². The van der Waals surface area contributed by atoms with E-state index in [4.69, 9.17) is 4.74 Å². The van der Waals surface area contributed by atoms with Gasteiger partial charge in [0.05, 0.1) is 18.3 Å². The van der Waals surface area contributed by atoms with E-state index in [2.05, 4.69) is 20.4 Å². The lowest BCUT2D eigenvalue weighted by Gasteiger charge is -2.10. The molecule has 0 fully saturated rings. The summed E-state index contributed by atoms with van der Waals surface area (Å²) in [6, 6.07) is 11.4. The highest BCUT2D eigenvalue weighted by Crippen LogP contribution is 2.22. The molecule has 0 saturated carbocycles. The van der Waals surface area contributed by atoms with Crippen molar-refractivity contribution in [2.75, 3.05) is 7.11 Å². The molecule has 0 aliphatic rings. The number of carbonyl (C=O) groups is 1. The fourth-order valence-corrected chi connectivity index (χ4v) is 3.00. The topological polar surface area (TPSA) is 81.4 Å². The van der Waals surface area contributed by atoms with Crippen LogP contribution in [0.3, 0.4) is 0 Å². The Balaban J connectivity index is 1.66. The Morgan fingerprint density at radius 2 is 2.12 bits per heavy atom. The maximum atomic E-state index is 12.8. The summed E-state index contributed by atoms with van der Waals surface area (Å²) in [6.07, 6.45) is 3.42. The van der Waals surface area contributed by atoms with Crippen LogP contribution in [0.15, 0.2) is 48.8 Å². The largest absolute Gasteiger partial charge is 0.481 e. The molecule has 7 heteroatoms. The van der Waals surface area contributed by atoms with E-state index in [9.17, 15) is 4.79 Å². The van der Waals surface area contributed by atoms with E-state index in [1.807, 2.05) is 30.3 Å². The molecule has 0 bridgehead atoms. The zero-order chi connectivity index (χ0) is 18.1. The van der Waals surface area contributed by atoms with Gasteiger partial charge in [0, 0.05) is 30.4 Å². The Morgan fingerprint density at radius 3 is 2.96 bits per heavy atom. The molecule has 4 rings (SSSR count). The number of aromatic nitrogens is 4. The molecule has 1 amide bonds. The highest BCUT2D eigenvalue weighted by atomic mass is 16.5. The minimum Gasteiger partial charge on any atom is -0.481 e. The second-order valence-corrected chi connectivity index (χ2v) is 5.87. The van der Waals surface area contributed by atoms with Crippen LogP contribution in [0.1, 0.15) is 21.6 Å². The summed E-state index contributed by atoms with van der Waals surface area (Å²) >= 11 is 0. The predicted molar refractivity (Wildman–Crippen MR) is 97.2 cm³/mol. The average molecular weight is 347 g/mol. The van der Waals surface area contributed by atoms with Crippen molar-refractivity contribution >= 4 is 22.5 Å². The van der Waals surface area contributed by atoms with Crippen LogP contribution in [0.4, 0.5) is 0 Å². The summed E-state index contributed by atoms with van der Waals surface area (Å²) in [6.45, 7) is 2.15. The average Bonchev–Trinajstić information content (AvgIpc) is 3.01. The number of benzene rings is 1. The number of hydrogen-bond donors (Lipinski definition) is 1. The van der Waals surface area contributed by atoms with Crippen LogP contribution >= 0.6 is 0 Å². The monoisotopic (exact) mass is 347 g/mol. The number of pyridine rings is 1. The molecule has 0 atom stereocenters. The van der Waals surface area contributed by atoms with E-state index in [0.29, 0.717) is 29.3 Å². The third-order valence-electron chi connectivity index (χ3n) is 4.22. The molecule has 0 aliphatic carbocycles. The van der Waals surface area contributed by atoms with E-state index in [-0.39, 0.29) is 5.91 Å². The normalized spacial score (nSPS) is 11.0. The molecule has 4 aromatic rings. The lowest BCUT2D eigenvalue weighted by atomic mass is 10.1. The number of fused-ring (bicyclic) bond motifs is 2. The number of nitrogens with one attached hydrogen (secondary N) is 1. The van der Waals surface area contributed by atoms with Crippen molar-refractivity contribution in [1.82, 2.24) is 24.9 Å². The maximum Gasteiger partial charge on any atom is 0.257 e. The first kappa shape index (κ1) is 16.0. The van der Waals surface area contributed by atoms with Gasteiger partial charge in [-0.25, -0.2) is 14.5 Å². The van der Waals surface area contributed by atoms with Crippen LogP contribution in [0.5, 0.6) is 5.88 Å². The van der Waals surface area contributed by atoms with Crippen LogP contribution < -0.4 is 10.1 Å². The minimum atomic E-state index is -0.212. The summed E-state index contributed by atoms with van der Waals surface area (Å²) in [5.74, 6) is 0.304. The van der Waals surface area contributed by atoms with Gasteiger partial charge in [-0.2, -0.15) is 5.10 Å². The van der Waals surface area contributed by atoms with Crippen molar-refractivity contribution in [3.63, 3.8) is 0 Å². The number of carbonyl (C=O) groups excluding carboxylic acids is 1.